The van der Waals surface area contributed by atoms with Crippen LogP contribution < -0.4 is 5.32 Å². The summed E-state index contributed by atoms with van der Waals surface area (Å²) in [4.78, 5) is 13.9. The number of hydrogen-bond acceptors (Lipinski definition) is 4. The minimum atomic E-state index is -0.599. The van der Waals surface area contributed by atoms with Gasteiger partial charge in [0.2, 0.25) is 0 Å². The Morgan fingerprint density at radius 1 is 1.42 bits per heavy atom. The van der Waals surface area contributed by atoms with Gasteiger partial charge in [-0.1, -0.05) is 0 Å². The Balaban J connectivity index is 1.87. The van der Waals surface area contributed by atoms with E-state index in [0.29, 0.717) is 18.7 Å². The molecular formula is C12H13FN4O2. The Morgan fingerprint density at radius 3 is 2.95 bits per heavy atom. The van der Waals surface area contributed by atoms with E-state index in [1.54, 1.807) is 12.5 Å². The van der Waals surface area contributed by atoms with E-state index in [0.717, 1.165) is 12.6 Å². The van der Waals surface area contributed by atoms with Crippen LogP contribution in [0.5, 0.6) is 0 Å². The van der Waals surface area contributed by atoms with Crippen molar-refractivity contribution in [1.82, 2.24) is 14.9 Å². The molecule has 0 amide bonds. The van der Waals surface area contributed by atoms with E-state index >= 15 is 0 Å². The molecule has 0 fully saturated rings. The summed E-state index contributed by atoms with van der Waals surface area (Å²) in [6, 6.07) is 3.57. The number of halogens is 1. The van der Waals surface area contributed by atoms with Crippen molar-refractivity contribution in [3.63, 3.8) is 0 Å². The van der Waals surface area contributed by atoms with Crippen LogP contribution in [0.3, 0.4) is 0 Å². The molecule has 6 nitrogen and oxygen atoms in total. The number of imidazole rings is 1. The minimum Gasteiger partial charge on any atom is -0.336 e. The molecule has 7 heteroatoms. The molecule has 2 rings (SSSR count). The number of non-ortho nitro benzene ring substituents is 1. The third-order valence-corrected chi connectivity index (χ3v) is 2.59. The molecule has 0 aliphatic rings. The molecule has 0 aliphatic carbocycles. The van der Waals surface area contributed by atoms with E-state index in [2.05, 4.69) is 10.3 Å². The number of hydrogen-bond donors (Lipinski definition) is 1. The van der Waals surface area contributed by atoms with Crippen molar-refractivity contribution in [1.29, 1.82) is 0 Å². The summed E-state index contributed by atoms with van der Waals surface area (Å²) in [5.74, 6) is -0.597. The van der Waals surface area contributed by atoms with Crippen LogP contribution in [0.15, 0.2) is 36.9 Å². The summed E-state index contributed by atoms with van der Waals surface area (Å²) in [6.45, 7) is 1.78. The minimum absolute atomic E-state index is 0.230. The monoisotopic (exact) mass is 264 g/mol. The van der Waals surface area contributed by atoms with Crippen molar-refractivity contribution < 1.29 is 9.31 Å². The third kappa shape index (κ3) is 3.85. The van der Waals surface area contributed by atoms with Crippen LogP contribution in [0.1, 0.15) is 5.56 Å². The number of rotatable bonds is 6. The summed E-state index contributed by atoms with van der Waals surface area (Å²) in [6.07, 6.45) is 5.24. The molecule has 100 valence electrons. The molecule has 0 aliphatic heterocycles. The standard InChI is InChI=1S/C12H13FN4O2/c13-11-5-10(6-12(7-11)17(18)19)8-14-1-3-16-4-2-15-9-16/h2,4-7,9,14H,1,3,8H2. The lowest BCUT2D eigenvalue weighted by molar-refractivity contribution is -0.385. The van der Waals surface area contributed by atoms with E-state index in [9.17, 15) is 14.5 Å². The lowest BCUT2D eigenvalue weighted by Crippen LogP contribution is -2.19. The maximum atomic E-state index is 13.2. The van der Waals surface area contributed by atoms with E-state index < -0.39 is 10.7 Å². The van der Waals surface area contributed by atoms with Gasteiger partial charge in [-0.3, -0.25) is 10.1 Å². The molecular weight excluding hydrogens is 251 g/mol. The van der Waals surface area contributed by atoms with Crippen molar-refractivity contribution in [3.8, 4) is 0 Å². The predicted molar refractivity (Wildman–Crippen MR) is 67.0 cm³/mol. The fourth-order valence-electron chi connectivity index (χ4n) is 1.70. The number of benzene rings is 1. The fourth-order valence-corrected chi connectivity index (χ4v) is 1.70. The largest absolute Gasteiger partial charge is 0.336 e. The SMILES string of the molecule is O=[N+]([O-])c1cc(F)cc(CNCCn2ccnc2)c1. The first-order chi connectivity index (χ1) is 9.15. The zero-order chi connectivity index (χ0) is 13.7. The van der Waals surface area contributed by atoms with Gasteiger partial charge >= 0.3 is 0 Å². The molecule has 0 saturated carbocycles. The van der Waals surface area contributed by atoms with Gasteiger partial charge in [-0.2, -0.15) is 0 Å². The van der Waals surface area contributed by atoms with E-state index in [1.165, 1.54) is 12.1 Å². The highest BCUT2D eigenvalue weighted by atomic mass is 19.1. The molecule has 1 aromatic heterocycles. The molecule has 0 saturated heterocycles. The third-order valence-electron chi connectivity index (χ3n) is 2.59. The number of nitro groups is 1. The molecule has 0 radical (unpaired) electrons. The quantitative estimate of drug-likeness (QED) is 0.490. The molecule has 2 aromatic rings. The Labute approximate surface area is 109 Å². The normalized spacial score (nSPS) is 10.6. The first-order valence-corrected chi connectivity index (χ1v) is 5.75. The zero-order valence-electron chi connectivity index (χ0n) is 10.1. The van der Waals surface area contributed by atoms with Crippen LogP contribution in [-0.4, -0.2) is 21.0 Å². The van der Waals surface area contributed by atoms with Gasteiger partial charge in [-0.15, -0.1) is 0 Å². The summed E-state index contributed by atoms with van der Waals surface area (Å²) in [5.41, 5.74) is 0.323. The van der Waals surface area contributed by atoms with Crippen molar-refractivity contribution in [2.24, 2.45) is 0 Å². The molecule has 0 bridgehead atoms. The average molecular weight is 264 g/mol. The number of nitrogens with one attached hydrogen (secondary N) is 1. The van der Waals surface area contributed by atoms with Crippen LogP contribution in [-0.2, 0) is 13.1 Å². The average Bonchev–Trinajstić information content (AvgIpc) is 2.87. The number of nitrogens with zero attached hydrogens (tertiary/aromatic N) is 3. The maximum absolute atomic E-state index is 13.2. The predicted octanol–water partition coefficient (Wildman–Crippen LogP) is 1.72. The molecule has 1 heterocycles. The lowest BCUT2D eigenvalue weighted by Gasteiger charge is -2.06. The van der Waals surface area contributed by atoms with Gasteiger partial charge in [-0.05, 0) is 11.6 Å². The summed E-state index contributed by atoms with van der Waals surface area (Å²) >= 11 is 0. The topological polar surface area (TPSA) is 73.0 Å². The van der Waals surface area contributed by atoms with E-state index in [4.69, 9.17) is 0 Å². The van der Waals surface area contributed by atoms with E-state index in [1.807, 2.05) is 10.8 Å². The molecule has 0 atom stereocenters. The maximum Gasteiger partial charge on any atom is 0.272 e. The Morgan fingerprint density at radius 2 is 2.26 bits per heavy atom. The zero-order valence-corrected chi connectivity index (χ0v) is 10.1. The van der Waals surface area contributed by atoms with Gasteiger partial charge in [-0.25, -0.2) is 9.37 Å². The molecule has 1 N–H and O–H groups in total. The molecule has 0 unspecified atom stereocenters. The smallest absolute Gasteiger partial charge is 0.272 e. The first kappa shape index (κ1) is 13.2. The van der Waals surface area contributed by atoms with Gasteiger partial charge in [0, 0.05) is 38.1 Å². The second-order valence-electron chi connectivity index (χ2n) is 4.05. The van der Waals surface area contributed by atoms with Crippen LogP contribution in [0.2, 0.25) is 0 Å². The van der Waals surface area contributed by atoms with E-state index in [-0.39, 0.29) is 5.69 Å². The summed E-state index contributed by atoms with van der Waals surface area (Å²) in [5, 5.41) is 13.7. The second kappa shape index (κ2) is 6.05. The van der Waals surface area contributed by atoms with Crippen molar-refractivity contribution in [2.45, 2.75) is 13.1 Å². The van der Waals surface area contributed by atoms with Crippen LogP contribution in [0, 0.1) is 15.9 Å². The van der Waals surface area contributed by atoms with Gasteiger partial charge in [0.05, 0.1) is 17.3 Å². The van der Waals surface area contributed by atoms with Gasteiger partial charge in [0.25, 0.3) is 5.69 Å². The van der Waals surface area contributed by atoms with Gasteiger partial charge < -0.3 is 9.88 Å². The Bertz CT molecular complexity index is 557. The lowest BCUT2D eigenvalue weighted by atomic mass is 10.2. The Kier molecular flexibility index (Phi) is 4.19. The van der Waals surface area contributed by atoms with Crippen molar-refractivity contribution in [3.05, 3.63) is 58.4 Å². The highest BCUT2D eigenvalue weighted by molar-refractivity contribution is 5.35. The van der Waals surface area contributed by atoms with Crippen LogP contribution in [0.25, 0.3) is 0 Å². The van der Waals surface area contributed by atoms with Crippen LogP contribution >= 0.6 is 0 Å². The molecule has 1 aromatic carbocycles. The highest BCUT2D eigenvalue weighted by Gasteiger charge is 2.09. The van der Waals surface area contributed by atoms with Crippen molar-refractivity contribution >= 4 is 5.69 Å². The first-order valence-electron chi connectivity index (χ1n) is 5.75. The summed E-state index contributed by atoms with van der Waals surface area (Å²) < 4.78 is 15.1. The van der Waals surface area contributed by atoms with Crippen LogP contribution in [0.4, 0.5) is 10.1 Å². The van der Waals surface area contributed by atoms with Gasteiger partial charge in [0.15, 0.2) is 0 Å². The second-order valence-corrected chi connectivity index (χ2v) is 4.05. The molecule has 19 heavy (non-hydrogen) atoms. The fraction of sp³-hybridized carbons (Fsp3) is 0.250. The summed E-state index contributed by atoms with van der Waals surface area (Å²) in [7, 11) is 0. The number of aromatic nitrogens is 2. The highest BCUT2D eigenvalue weighted by Crippen LogP contribution is 2.16. The van der Waals surface area contributed by atoms with Crippen molar-refractivity contribution in [2.75, 3.05) is 6.54 Å². The van der Waals surface area contributed by atoms with Gasteiger partial charge in [0.1, 0.15) is 5.82 Å². The number of nitro benzene ring substituents is 1. The molecule has 0 spiro atoms. The Hall–Kier alpha value is -2.28.